The highest BCUT2D eigenvalue weighted by atomic mass is 19.1. The van der Waals surface area contributed by atoms with Gasteiger partial charge in [0.25, 0.3) is 0 Å². The van der Waals surface area contributed by atoms with Gasteiger partial charge < -0.3 is 19.4 Å². The van der Waals surface area contributed by atoms with E-state index in [2.05, 4.69) is 19.9 Å². The number of aromatic nitrogens is 3. The molecule has 156 valence electrons. The first-order valence-electron chi connectivity index (χ1n) is 9.42. The zero-order valence-corrected chi connectivity index (χ0v) is 16.3. The van der Waals surface area contributed by atoms with Crippen molar-refractivity contribution in [1.82, 2.24) is 14.5 Å². The third-order valence-corrected chi connectivity index (χ3v) is 5.12. The van der Waals surface area contributed by atoms with E-state index in [1.165, 1.54) is 7.11 Å². The van der Waals surface area contributed by atoms with Crippen molar-refractivity contribution in [3.8, 4) is 22.8 Å². The van der Waals surface area contributed by atoms with Crippen LogP contribution in [-0.4, -0.2) is 33.2 Å². The van der Waals surface area contributed by atoms with Gasteiger partial charge in [-0.2, -0.15) is 4.39 Å². The average Bonchev–Trinajstić information content (AvgIpc) is 3.21. The highest BCUT2D eigenvalue weighted by Crippen LogP contribution is 2.37. The SMILES string of the molecule is COc1cc(F)c([N+](=O)[O-])cc1Nc1nccc(-c2ccc3c4c2ccn4CCO3)n1. The van der Waals surface area contributed by atoms with E-state index in [-0.39, 0.29) is 17.4 Å². The molecule has 0 saturated carbocycles. The molecule has 2 aromatic carbocycles. The Labute approximate surface area is 175 Å². The Balaban J connectivity index is 1.55. The predicted molar refractivity (Wildman–Crippen MR) is 111 cm³/mol. The first-order chi connectivity index (χ1) is 15.0. The van der Waals surface area contributed by atoms with Crippen molar-refractivity contribution in [2.45, 2.75) is 6.54 Å². The molecule has 0 aliphatic carbocycles. The summed E-state index contributed by atoms with van der Waals surface area (Å²) in [4.78, 5) is 19.0. The van der Waals surface area contributed by atoms with Gasteiger partial charge in [-0.25, -0.2) is 9.97 Å². The average molecular weight is 421 g/mol. The second-order valence-electron chi connectivity index (χ2n) is 6.88. The van der Waals surface area contributed by atoms with Crippen LogP contribution in [0.4, 0.5) is 21.7 Å². The van der Waals surface area contributed by atoms with Crippen LogP contribution in [-0.2, 0) is 6.54 Å². The number of nitrogens with zero attached hydrogens (tertiary/aromatic N) is 4. The zero-order chi connectivity index (χ0) is 21.5. The molecular weight excluding hydrogens is 405 g/mol. The number of methoxy groups -OCH3 is 1. The number of hydrogen-bond acceptors (Lipinski definition) is 7. The Morgan fingerprint density at radius 3 is 2.97 bits per heavy atom. The molecule has 10 heteroatoms. The van der Waals surface area contributed by atoms with Gasteiger partial charge in [-0.05, 0) is 24.3 Å². The fourth-order valence-corrected chi connectivity index (χ4v) is 3.71. The molecule has 0 unspecified atom stereocenters. The summed E-state index contributed by atoms with van der Waals surface area (Å²) in [7, 11) is 1.35. The highest BCUT2D eigenvalue weighted by molar-refractivity contribution is 5.98. The molecule has 2 aromatic heterocycles. The molecule has 1 aliphatic rings. The summed E-state index contributed by atoms with van der Waals surface area (Å²) >= 11 is 0. The molecule has 1 aliphatic heterocycles. The molecule has 4 aromatic rings. The van der Waals surface area contributed by atoms with Gasteiger partial charge in [-0.1, -0.05) is 0 Å². The molecule has 0 fully saturated rings. The van der Waals surface area contributed by atoms with Crippen LogP contribution in [0.2, 0.25) is 0 Å². The molecule has 0 spiro atoms. The van der Waals surface area contributed by atoms with Crippen LogP contribution in [0, 0.1) is 15.9 Å². The first-order valence-corrected chi connectivity index (χ1v) is 9.42. The van der Waals surface area contributed by atoms with Gasteiger partial charge in [0, 0.05) is 35.5 Å². The minimum Gasteiger partial charge on any atom is -0.494 e. The lowest BCUT2D eigenvalue weighted by atomic mass is 10.1. The van der Waals surface area contributed by atoms with E-state index in [4.69, 9.17) is 9.47 Å². The number of rotatable bonds is 5. The van der Waals surface area contributed by atoms with Crippen LogP contribution in [0.25, 0.3) is 22.2 Å². The van der Waals surface area contributed by atoms with Crippen LogP contribution in [0.15, 0.2) is 48.8 Å². The van der Waals surface area contributed by atoms with E-state index < -0.39 is 16.4 Å². The predicted octanol–water partition coefficient (Wildman–Crippen LogP) is 4.29. The number of nitro benzene ring substituents is 1. The number of hydrogen-bond donors (Lipinski definition) is 1. The van der Waals surface area contributed by atoms with E-state index >= 15 is 0 Å². The minimum atomic E-state index is -0.988. The van der Waals surface area contributed by atoms with Gasteiger partial charge in [0.2, 0.25) is 11.8 Å². The summed E-state index contributed by atoms with van der Waals surface area (Å²) in [6.45, 7) is 1.41. The number of ether oxygens (including phenoxy) is 2. The third-order valence-electron chi connectivity index (χ3n) is 5.12. The molecule has 0 radical (unpaired) electrons. The van der Waals surface area contributed by atoms with Gasteiger partial charge in [0.15, 0.2) is 0 Å². The number of nitrogens with one attached hydrogen (secondary N) is 1. The molecule has 31 heavy (non-hydrogen) atoms. The fourth-order valence-electron chi connectivity index (χ4n) is 3.71. The lowest BCUT2D eigenvalue weighted by Gasteiger charge is -2.18. The van der Waals surface area contributed by atoms with Crippen molar-refractivity contribution in [3.05, 3.63) is 64.7 Å². The Kier molecular flexibility index (Phi) is 4.39. The second-order valence-corrected chi connectivity index (χ2v) is 6.88. The summed E-state index contributed by atoms with van der Waals surface area (Å²) in [5.41, 5.74) is 2.07. The summed E-state index contributed by atoms with van der Waals surface area (Å²) in [6, 6.07) is 9.64. The molecule has 9 nitrogen and oxygen atoms in total. The first kappa shape index (κ1) is 18.8. The molecule has 0 amide bonds. The maximum atomic E-state index is 13.9. The van der Waals surface area contributed by atoms with Crippen LogP contribution in [0.1, 0.15) is 0 Å². The summed E-state index contributed by atoms with van der Waals surface area (Å²) < 4.78 is 26.9. The minimum absolute atomic E-state index is 0.0974. The van der Waals surface area contributed by atoms with Gasteiger partial charge in [0.1, 0.15) is 18.1 Å². The lowest BCUT2D eigenvalue weighted by molar-refractivity contribution is -0.387. The second kappa shape index (κ2) is 7.24. The Morgan fingerprint density at radius 1 is 1.29 bits per heavy atom. The van der Waals surface area contributed by atoms with Crippen molar-refractivity contribution in [1.29, 1.82) is 0 Å². The van der Waals surface area contributed by atoms with Crippen LogP contribution < -0.4 is 14.8 Å². The van der Waals surface area contributed by atoms with Gasteiger partial charge in [0.05, 0.1) is 35.5 Å². The molecule has 0 saturated heterocycles. The summed E-state index contributed by atoms with van der Waals surface area (Å²) in [5.74, 6) is 0.125. The van der Waals surface area contributed by atoms with Crippen molar-refractivity contribution < 1.29 is 18.8 Å². The Morgan fingerprint density at radius 2 is 2.16 bits per heavy atom. The monoisotopic (exact) mass is 421 g/mol. The van der Waals surface area contributed by atoms with Crippen molar-refractivity contribution >= 4 is 28.2 Å². The fraction of sp³-hybridized carbons (Fsp3) is 0.143. The third kappa shape index (κ3) is 3.18. The Bertz CT molecular complexity index is 1340. The van der Waals surface area contributed by atoms with Gasteiger partial charge in [-0.3, -0.25) is 10.1 Å². The summed E-state index contributed by atoms with van der Waals surface area (Å²) in [6.07, 6.45) is 3.59. The normalized spacial score (nSPS) is 12.5. The molecular formula is C21H16FN5O4. The van der Waals surface area contributed by atoms with E-state index in [1.54, 1.807) is 12.3 Å². The van der Waals surface area contributed by atoms with Crippen molar-refractivity contribution in [2.24, 2.45) is 0 Å². The molecule has 0 bridgehead atoms. The maximum Gasteiger partial charge on any atom is 0.307 e. The summed E-state index contributed by atoms with van der Waals surface area (Å²) in [5, 5.41) is 15.0. The number of halogens is 1. The number of anilines is 2. The van der Waals surface area contributed by atoms with Gasteiger partial charge in [-0.15, -0.1) is 0 Å². The van der Waals surface area contributed by atoms with E-state index in [0.29, 0.717) is 12.3 Å². The number of nitro groups is 1. The van der Waals surface area contributed by atoms with Gasteiger partial charge >= 0.3 is 5.69 Å². The standard InChI is InChI=1S/C21H16FN5O4/c1-30-19-10-14(22)17(27(28)29)11-16(19)25-21-23-6-4-15(24-21)12-2-3-18-20-13(12)5-7-26(20)8-9-31-18/h2-7,10-11H,8-9H2,1H3,(H,23,24,25). The van der Waals surface area contributed by atoms with E-state index in [1.807, 2.05) is 24.4 Å². The van der Waals surface area contributed by atoms with Crippen LogP contribution in [0.3, 0.4) is 0 Å². The van der Waals surface area contributed by atoms with E-state index in [9.17, 15) is 14.5 Å². The van der Waals surface area contributed by atoms with E-state index in [0.717, 1.165) is 40.9 Å². The van der Waals surface area contributed by atoms with Crippen LogP contribution >= 0.6 is 0 Å². The zero-order valence-electron chi connectivity index (χ0n) is 16.3. The topological polar surface area (TPSA) is 104 Å². The Hall–Kier alpha value is -4.21. The smallest absolute Gasteiger partial charge is 0.307 e. The van der Waals surface area contributed by atoms with Crippen molar-refractivity contribution in [3.63, 3.8) is 0 Å². The number of benzene rings is 2. The molecule has 3 heterocycles. The highest BCUT2D eigenvalue weighted by Gasteiger charge is 2.20. The lowest BCUT2D eigenvalue weighted by Crippen LogP contribution is -2.13. The molecule has 5 rings (SSSR count). The maximum absolute atomic E-state index is 13.9. The molecule has 1 N–H and O–H groups in total. The van der Waals surface area contributed by atoms with Crippen molar-refractivity contribution in [2.75, 3.05) is 19.0 Å². The molecule has 0 atom stereocenters. The quantitative estimate of drug-likeness (QED) is 0.379. The largest absolute Gasteiger partial charge is 0.494 e. The van der Waals surface area contributed by atoms with Crippen LogP contribution in [0.5, 0.6) is 11.5 Å².